The van der Waals surface area contributed by atoms with E-state index in [2.05, 4.69) is 48.5 Å². The Bertz CT molecular complexity index is 1320. The number of hydrogen-bond acceptors (Lipinski definition) is 9. The zero-order valence-electron chi connectivity index (χ0n) is 34.5. The second kappa shape index (κ2) is 16.2. The van der Waals surface area contributed by atoms with Crippen LogP contribution in [0.4, 0.5) is 0 Å². The molecule has 0 aromatic rings. The first-order chi connectivity index (χ1) is 24.8. The molecular formula is C43H72O10. The van der Waals surface area contributed by atoms with Gasteiger partial charge in [-0.1, -0.05) is 62.3 Å². The van der Waals surface area contributed by atoms with Gasteiger partial charge in [-0.25, -0.2) is 0 Å². The third-order valence-corrected chi connectivity index (χ3v) is 15.0. The van der Waals surface area contributed by atoms with E-state index in [4.69, 9.17) is 23.7 Å². The molecule has 10 nitrogen and oxygen atoms in total. The van der Waals surface area contributed by atoms with Gasteiger partial charge in [0.1, 0.15) is 11.9 Å². The van der Waals surface area contributed by atoms with Crippen molar-refractivity contribution in [2.24, 2.45) is 46.8 Å². The summed E-state index contributed by atoms with van der Waals surface area (Å²) < 4.78 is 33.9. The number of carbonyl (C=O) groups excluding carboxylic acids is 1. The lowest BCUT2D eigenvalue weighted by Crippen LogP contribution is -2.63. The van der Waals surface area contributed by atoms with Crippen LogP contribution >= 0.6 is 0 Å². The smallest absolute Gasteiger partial charge is 0.309 e. The molecule has 4 fully saturated rings. The first-order valence-corrected chi connectivity index (χ1v) is 21.0. The van der Waals surface area contributed by atoms with Crippen LogP contribution in [0.25, 0.3) is 0 Å². The van der Waals surface area contributed by atoms with Crippen LogP contribution in [0.1, 0.15) is 140 Å². The Morgan fingerprint density at radius 3 is 2.15 bits per heavy atom. The summed E-state index contributed by atoms with van der Waals surface area (Å²) in [5, 5.41) is 33.0. The Morgan fingerprint density at radius 1 is 0.868 bits per heavy atom. The minimum Gasteiger partial charge on any atom is -0.481 e. The maximum Gasteiger partial charge on any atom is 0.309 e. The van der Waals surface area contributed by atoms with Crippen molar-refractivity contribution in [3.8, 4) is 0 Å². The van der Waals surface area contributed by atoms with Crippen molar-refractivity contribution in [1.29, 1.82) is 0 Å². The fourth-order valence-electron chi connectivity index (χ4n) is 10.6. The third kappa shape index (κ3) is 7.95. The Morgan fingerprint density at radius 2 is 1.55 bits per heavy atom. The number of aliphatic hydroxyl groups excluding tert-OH is 2. The fraction of sp³-hybridized carbons (Fsp3) is 0.907. The predicted molar refractivity (Wildman–Crippen MR) is 202 cm³/mol. The molecule has 0 aromatic heterocycles. The lowest BCUT2D eigenvalue weighted by molar-refractivity contribution is -0.408. The van der Waals surface area contributed by atoms with E-state index >= 15 is 0 Å². The summed E-state index contributed by atoms with van der Waals surface area (Å²) >= 11 is 0. The van der Waals surface area contributed by atoms with E-state index in [-0.39, 0.29) is 53.2 Å². The summed E-state index contributed by atoms with van der Waals surface area (Å²) in [6, 6.07) is 0. The van der Waals surface area contributed by atoms with E-state index in [0.717, 1.165) is 32.1 Å². The fourth-order valence-corrected chi connectivity index (χ4v) is 10.6. The van der Waals surface area contributed by atoms with Crippen molar-refractivity contribution in [1.82, 2.24) is 0 Å². The predicted octanol–water partition coefficient (Wildman–Crippen LogP) is 7.46. The molecule has 0 unspecified atom stereocenters. The van der Waals surface area contributed by atoms with Crippen LogP contribution in [0.3, 0.4) is 0 Å². The number of rotatable bonds is 12. The van der Waals surface area contributed by atoms with Crippen LogP contribution in [0.5, 0.6) is 0 Å². The molecule has 5 aliphatic heterocycles. The molecule has 304 valence electrons. The van der Waals surface area contributed by atoms with Gasteiger partial charge in [0.2, 0.25) is 5.79 Å². The lowest BCUT2D eigenvalue weighted by atomic mass is 9.72. The van der Waals surface area contributed by atoms with Gasteiger partial charge in [0.05, 0.1) is 48.1 Å². The van der Waals surface area contributed by atoms with Gasteiger partial charge >= 0.3 is 5.97 Å². The van der Waals surface area contributed by atoms with Crippen molar-refractivity contribution in [2.45, 2.75) is 200 Å². The van der Waals surface area contributed by atoms with Gasteiger partial charge in [-0.15, -0.1) is 0 Å². The highest BCUT2D eigenvalue weighted by molar-refractivity contribution is 5.84. The number of carboxylic acids is 1. The first kappa shape index (κ1) is 42.7. The number of Topliss-reactive ketones (excluding diaryl/α,β-unsaturated/α-hetero) is 1. The molecule has 5 aliphatic rings. The Balaban J connectivity index is 1.31. The van der Waals surface area contributed by atoms with Gasteiger partial charge < -0.3 is 39.0 Å². The average molecular weight is 749 g/mol. The number of aliphatic hydroxyl groups is 2. The van der Waals surface area contributed by atoms with Gasteiger partial charge in [0.15, 0.2) is 5.79 Å². The molecule has 0 radical (unpaired) electrons. The zero-order chi connectivity index (χ0) is 39.3. The number of hydrogen-bond donors (Lipinski definition) is 3. The monoisotopic (exact) mass is 749 g/mol. The molecule has 18 atom stereocenters. The summed E-state index contributed by atoms with van der Waals surface area (Å²) in [6.45, 7) is 22.6. The molecule has 0 bridgehead atoms. The number of ketones is 1. The standard InChI is InChI=1S/C43H72O10/c1-12-30(39(47)48)32-16-15-24(4)37(50-32)28(8)35(45)27(7)36(46)31(13-2)38-25(5)23-26(6)42(51-38)20-17-33(44)43(53-42)22-21-41(11,52-43)34-18-19-40(10,14-3)29(9)49-34/h17,20,24-35,37-38,44-45H,12-16,18-19,21-23H2,1-11H3,(H,47,48)/t24-,25-,26+,27-,28-,29-,30+,31-,32+,33+,34+,35+,37+,38-,40-,41-,42-,43-/m0/s1. The number of ether oxygens (including phenoxy) is 5. The molecule has 5 rings (SSSR count). The van der Waals surface area contributed by atoms with Crippen LogP contribution in [0.15, 0.2) is 12.2 Å². The number of carbonyl (C=O) groups is 2. The maximum atomic E-state index is 14.5. The minimum atomic E-state index is -1.31. The van der Waals surface area contributed by atoms with Crippen molar-refractivity contribution in [2.75, 3.05) is 0 Å². The maximum absolute atomic E-state index is 14.5. The Kier molecular flexibility index (Phi) is 13.1. The molecule has 0 aliphatic carbocycles. The van der Waals surface area contributed by atoms with Crippen LogP contribution in [0.2, 0.25) is 0 Å². The van der Waals surface area contributed by atoms with Crippen molar-refractivity contribution in [3.05, 3.63) is 12.2 Å². The largest absolute Gasteiger partial charge is 0.481 e. The van der Waals surface area contributed by atoms with Crippen molar-refractivity contribution >= 4 is 11.8 Å². The number of aliphatic carboxylic acids is 1. The zero-order valence-corrected chi connectivity index (χ0v) is 34.5. The van der Waals surface area contributed by atoms with E-state index in [1.54, 1.807) is 13.0 Å². The normalized spacial score (nSPS) is 46.2. The molecule has 0 saturated carbocycles. The van der Waals surface area contributed by atoms with Crippen molar-refractivity contribution in [3.63, 3.8) is 0 Å². The molecule has 53 heavy (non-hydrogen) atoms. The van der Waals surface area contributed by atoms with Crippen molar-refractivity contribution < 1.29 is 48.6 Å². The second-order valence-electron chi connectivity index (χ2n) is 18.5. The van der Waals surface area contributed by atoms with E-state index in [1.807, 2.05) is 26.8 Å². The highest BCUT2D eigenvalue weighted by atomic mass is 16.8. The summed E-state index contributed by atoms with van der Waals surface area (Å²) in [5.41, 5.74) is -0.520. The molecular weight excluding hydrogens is 676 g/mol. The molecule has 2 spiro atoms. The van der Waals surface area contributed by atoms with E-state index in [9.17, 15) is 24.9 Å². The van der Waals surface area contributed by atoms with E-state index in [0.29, 0.717) is 32.1 Å². The van der Waals surface area contributed by atoms with Crippen LogP contribution in [-0.2, 0) is 33.3 Å². The van der Waals surface area contributed by atoms with Crippen LogP contribution in [0, 0.1) is 46.8 Å². The van der Waals surface area contributed by atoms with Crippen LogP contribution < -0.4 is 0 Å². The Labute approximate surface area is 319 Å². The van der Waals surface area contributed by atoms with Gasteiger partial charge in [-0.2, -0.15) is 0 Å². The topological polar surface area (TPSA) is 141 Å². The molecule has 3 N–H and O–H groups in total. The van der Waals surface area contributed by atoms with Gasteiger partial charge in [0.25, 0.3) is 0 Å². The lowest BCUT2D eigenvalue weighted by Gasteiger charge is -2.54. The van der Waals surface area contributed by atoms with Gasteiger partial charge in [0, 0.05) is 30.1 Å². The number of carboxylic acid groups (broad SMARTS) is 1. The molecule has 0 aromatic carbocycles. The summed E-state index contributed by atoms with van der Waals surface area (Å²) in [4.78, 5) is 26.4. The third-order valence-electron chi connectivity index (χ3n) is 15.0. The summed E-state index contributed by atoms with van der Waals surface area (Å²) in [6.07, 6.45) is 7.66. The highest BCUT2D eigenvalue weighted by Crippen LogP contribution is 2.54. The molecule has 4 saturated heterocycles. The molecule has 10 heteroatoms. The van der Waals surface area contributed by atoms with E-state index < -0.39 is 65.3 Å². The Hall–Kier alpha value is -1.40. The molecule has 0 amide bonds. The summed E-state index contributed by atoms with van der Waals surface area (Å²) in [7, 11) is 0. The first-order valence-electron chi connectivity index (χ1n) is 21.0. The van der Waals surface area contributed by atoms with Gasteiger partial charge in [-0.05, 0) is 101 Å². The summed E-state index contributed by atoms with van der Waals surface area (Å²) in [5.74, 6) is -5.52. The van der Waals surface area contributed by atoms with E-state index in [1.165, 1.54) is 0 Å². The minimum absolute atomic E-state index is 0.0373. The SMILES string of the molecule is CC[C@@H](C(=O)[C@@H](C)[C@@H](O)[C@H](C)[C@@H]1O[C@@H]([C@@H](CC)C(=O)O)CC[C@@H]1C)[C@H]1O[C@]2(C=C[C@@H](O)[C@]3(CC[C@@](C)([C@H]4CC[C@](C)(CC)[C@H](C)O4)O3)O2)[C@H](C)C[C@@H]1C. The average Bonchev–Trinajstić information content (AvgIpc) is 3.47. The van der Waals surface area contributed by atoms with Gasteiger partial charge in [-0.3, -0.25) is 9.59 Å². The highest BCUT2D eigenvalue weighted by Gasteiger charge is 2.63. The van der Waals surface area contributed by atoms with Crippen LogP contribution in [-0.4, -0.2) is 87.0 Å². The second-order valence-corrected chi connectivity index (χ2v) is 18.5. The molecule has 5 heterocycles. The quantitative estimate of drug-likeness (QED) is 0.172.